The second-order valence-electron chi connectivity index (χ2n) is 11.2. The largest absolute Gasteiger partial charge is 0.458 e. The van der Waals surface area contributed by atoms with Gasteiger partial charge in [-0.05, 0) is 70.6 Å². The lowest BCUT2D eigenvalue weighted by Gasteiger charge is -2.25. The lowest BCUT2D eigenvalue weighted by molar-refractivity contribution is -0.156. The molecule has 42 heavy (non-hydrogen) atoms. The average molecular weight is 576 g/mol. The molecule has 1 aromatic carbocycles. The maximum atomic E-state index is 12.9. The summed E-state index contributed by atoms with van der Waals surface area (Å²) in [6.45, 7) is 9.02. The van der Waals surface area contributed by atoms with E-state index in [0.717, 1.165) is 54.9 Å². The molecule has 11 heteroatoms. The normalized spacial score (nSPS) is 13.2. The highest BCUT2D eigenvalue weighted by molar-refractivity contribution is 5.82. The number of alkyl carbamates (subject to hydrolysis) is 1. The summed E-state index contributed by atoms with van der Waals surface area (Å²) in [5.74, 6) is 1.67. The zero-order valence-corrected chi connectivity index (χ0v) is 24.8. The van der Waals surface area contributed by atoms with Crippen LogP contribution >= 0.6 is 0 Å². The Labute approximate surface area is 247 Å². The molecular formula is C31H41N7O4. The van der Waals surface area contributed by atoms with Gasteiger partial charge in [0, 0.05) is 30.9 Å². The summed E-state index contributed by atoms with van der Waals surface area (Å²) in [4.78, 5) is 39.0. The Morgan fingerprint density at radius 1 is 1.05 bits per heavy atom. The van der Waals surface area contributed by atoms with Crippen LogP contribution in [0.2, 0.25) is 0 Å². The number of anilines is 3. The molecule has 3 heterocycles. The van der Waals surface area contributed by atoms with Crippen molar-refractivity contribution in [3.05, 3.63) is 71.2 Å². The predicted octanol–water partition coefficient (Wildman–Crippen LogP) is 4.63. The van der Waals surface area contributed by atoms with Crippen LogP contribution in [0.25, 0.3) is 0 Å². The minimum Gasteiger partial charge on any atom is -0.458 e. The molecule has 1 unspecified atom stereocenters. The molecule has 0 spiro atoms. The highest BCUT2D eigenvalue weighted by Crippen LogP contribution is 2.21. The van der Waals surface area contributed by atoms with Crippen molar-refractivity contribution >= 4 is 29.5 Å². The number of rotatable bonds is 12. The Morgan fingerprint density at radius 3 is 2.57 bits per heavy atom. The SMILES string of the molecule is Cc1c(NCCCc2ccc3c(n2)NCCC3)ncnc1NCC(NC(=O)OCc1ccccc1)C(=O)OC(C)(C)C. The summed E-state index contributed by atoms with van der Waals surface area (Å²) in [5.41, 5.74) is 3.26. The van der Waals surface area contributed by atoms with Gasteiger partial charge in [-0.3, -0.25) is 0 Å². The lowest BCUT2D eigenvalue weighted by Crippen LogP contribution is -2.48. The van der Waals surface area contributed by atoms with Crippen LogP contribution in [0.1, 0.15) is 56.0 Å². The van der Waals surface area contributed by atoms with E-state index in [0.29, 0.717) is 18.2 Å². The summed E-state index contributed by atoms with van der Waals surface area (Å²) >= 11 is 0. The number of nitrogens with one attached hydrogen (secondary N) is 4. The molecule has 0 aliphatic carbocycles. The fourth-order valence-corrected chi connectivity index (χ4v) is 4.46. The highest BCUT2D eigenvalue weighted by Gasteiger charge is 2.27. The van der Waals surface area contributed by atoms with Gasteiger partial charge in [0.05, 0.1) is 0 Å². The molecule has 0 bridgehead atoms. The number of hydrogen-bond acceptors (Lipinski definition) is 10. The number of amides is 1. The van der Waals surface area contributed by atoms with Gasteiger partial charge in [0.1, 0.15) is 42.0 Å². The fourth-order valence-electron chi connectivity index (χ4n) is 4.46. The first-order valence-electron chi connectivity index (χ1n) is 14.4. The van der Waals surface area contributed by atoms with Gasteiger partial charge >= 0.3 is 12.1 Å². The van der Waals surface area contributed by atoms with E-state index in [1.807, 2.05) is 37.3 Å². The van der Waals surface area contributed by atoms with Crippen LogP contribution in [-0.4, -0.2) is 58.3 Å². The third kappa shape index (κ3) is 9.32. The van der Waals surface area contributed by atoms with Crippen molar-refractivity contribution in [1.29, 1.82) is 0 Å². The van der Waals surface area contributed by atoms with Gasteiger partial charge in [0.15, 0.2) is 0 Å². The first-order chi connectivity index (χ1) is 20.2. The van der Waals surface area contributed by atoms with E-state index < -0.39 is 23.7 Å². The van der Waals surface area contributed by atoms with E-state index in [4.69, 9.17) is 14.5 Å². The summed E-state index contributed by atoms with van der Waals surface area (Å²) in [6.07, 6.45) is 4.69. The maximum absolute atomic E-state index is 12.9. The Bertz CT molecular complexity index is 1340. The lowest BCUT2D eigenvalue weighted by atomic mass is 10.1. The Hall–Kier alpha value is -4.41. The number of carbonyl (C=O) groups excluding carboxylic acids is 2. The van der Waals surface area contributed by atoms with Gasteiger partial charge < -0.3 is 30.7 Å². The van der Waals surface area contributed by atoms with Crippen molar-refractivity contribution in [3.8, 4) is 0 Å². The number of pyridine rings is 1. The quantitative estimate of drug-likeness (QED) is 0.179. The number of fused-ring (bicyclic) bond motifs is 1. The van der Waals surface area contributed by atoms with E-state index in [1.165, 1.54) is 11.9 Å². The summed E-state index contributed by atoms with van der Waals surface area (Å²) in [7, 11) is 0. The zero-order valence-electron chi connectivity index (χ0n) is 24.8. The van der Waals surface area contributed by atoms with Crippen LogP contribution in [-0.2, 0) is 33.7 Å². The molecule has 1 atom stereocenters. The van der Waals surface area contributed by atoms with Crippen molar-refractivity contribution in [2.75, 3.05) is 35.6 Å². The number of aromatic nitrogens is 3. The second kappa shape index (κ2) is 14.5. The molecule has 1 amide bonds. The van der Waals surface area contributed by atoms with Gasteiger partial charge in [0.2, 0.25) is 0 Å². The van der Waals surface area contributed by atoms with Crippen molar-refractivity contribution in [3.63, 3.8) is 0 Å². The Balaban J connectivity index is 1.31. The third-order valence-corrected chi connectivity index (χ3v) is 6.61. The number of nitrogens with zero attached hydrogens (tertiary/aromatic N) is 3. The molecule has 0 saturated carbocycles. The van der Waals surface area contributed by atoms with Gasteiger partial charge in [0.25, 0.3) is 0 Å². The van der Waals surface area contributed by atoms with Gasteiger partial charge in [-0.2, -0.15) is 0 Å². The Morgan fingerprint density at radius 2 is 1.81 bits per heavy atom. The monoisotopic (exact) mass is 575 g/mol. The predicted molar refractivity (Wildman–Crippen MR) is 163 cm³/mol. The first kappa shape index (κ1) is 30.5. The minimum atomic E-state index is -1.00. The topological polar surface area (TPSA) is 139 Å². The van der Waals surface area contributed by atoms with E-state index in [1.54, 1.807) is 20.8 Å². The number of benzene rings is 1. The Kier molecular flexibility index (Phi) is 10.5. The molecule has 11 nitrogen and oxygen atoms in total. The molecule has 0 fully saturated rings. The van der Waals surface area contributed by atoms with Crippen LogP contribution in [0, 0.1) is 6.92 Å². The minimum absolute atomic E-state index is 0.0463. The molecule has 0 radical (unpaired) electrons. The van der Waals surface area contributed by atoms with Crippen molar-refractivity contribution in [2.45, 2.75) is 71.6 Å². The van der Waals surface area contributed by atoms with Crippen LogP contribution in [0.15, 0.2) is 48.8 Å². The molecule has 1 aliphatic heterocycles. The van der Waals surface area contributed by atoms with E-state index in [2.05, 4.69) is 43.4 Å². The van der Waals surface area contributed by atoms with Crippen LogP contribution in [0.3, 0.4) is 0 Å². The molecule has 0 saturated heterocycles. The summed E-state index contributed by atoms with van der Waals surface area (Å²) < 4.78 is 10.9. The van der Waals surface area contributed by atoms with Crippen molar-refractivity contribution in [1.82, 2.24) is 20.3 Å². The number of ether oxygens (including phenoxy) is 2. The van der Waals surface area contributed by atoms with Crippen LogP contribution in [0.4, 0.5) is 22.2 Å². The molecule has 3 aromatic rings. The van der Waals surface area contributed by atoms with Crippen molar-refractivity contribution < 1.29 is 19.1 Å². The van der Waals surface area contributed by atoms with E-state index in [-0.39, 0.29) is 13.2 Å². The van der Waals surface area contributed by atoms with Gasteiger partial charge in [-0.25, -0.2) is 24.5 Å². The van der Waals surface area contributed by atoms with Gasteiger partial charge in [-0.1, -0.05) is 36.4 Å². The first-order valence-corrected chi connectivity index (χ1v) is 14.4. The van der Waals surface area contributed by atoms with E-state index >= 15 is 0 Å². The molecule has 2 aromatic heterocycles. The summed E-state index contributed by atoms with van der Waals surface area (Å²) in [6, 6.07) is 12.6. The number of carbonyl (C=O) groups is 2. The zero-order chi connectivity index (χ0) is 30.0. The maximum Gasteiger partial charge on any atom is 0.408 e. The number of esters is 1. The smallest absolute Gasteiger partial charge is 0.408 e. The molecule has 1 aliphatic rings. The molecule has 224 valence electrons. The second-order valence-corrected chi connectivity index (χ2v) is 11.2. The van der Waals surface area contributed by atoms with E-state index in [9.17, 15) is 9.59 Å². The average Bonchev–Trinajstić information content (AvgIpc) is 2.97. The highest BCUT2D eigenvalue weighted by atomic mass is 16.6. The van der Waals surface area contributed by atoms with Crippen molar-refractivity contribution in [2.24, 2.45) is 0 Å². The standard InChI is InChI=1S/C31H41N7O4/c1-21-26(32-17-9-13-24-15-14-23-12-8-16-33-28(23)37-24)35-20-36-27(21)34-18-25(29(39)42-31(2,3)4)38-30(40)41-19-22-10-6-5-7-11-22/h5-7,10-11,14-15,20,25H,8-9,12-13,16-19H2,1-4H3,(H,33,37)(H,38,40)(H2,32,34,35,36). The van der Waals surface area contributed by atoms with Crippen LogP contribution < -0.4 is 21.3 Å². The van der Waals surface area contributed by atoms with Crippen LogP contribution in [0.5, 0.6) is 0 Å². The third-order valence-electron chi connectivity index (χ3n) is 6.61. The summed E-state index contributed by atoms with van der Waals surface area (Å²) in [5, 5.41) is 12.5. The number of aryl methyl sites for hydroxylation is 2. The molecule has 4 N–H and O–H groups in total. The molecular weight excluding hydrogens is 534 g/mol. The number of hydrogen-bond donors (Lipinski definition) is 4. The van der Waals surface area contributed by atoms with Gasteiger partial charge in [-0.15, -0.1) is 0 Å². The fraction of sp³-hybridized carbons (Fsp3) is 0.452. The molecule has 4 rings (SSSR count).